The molecular formula is C21H23BrN2O3. The Hall–Kier alpha value is -2.18. The smallest absolute Gasteiger partial charge is 0.337 e. The number of esters is 1. The van der Waals surface area contributed by atoms with Crippen LogP contribution in [0, 0.1) is 5.92 Å². The molecule has 0 unspecified atom stereocenters. The lowest BCUT2D eigenvalue weighted by atomic mass is 9.95. The van der Waals surface area contributed by atoms with E-state index in [4.69, 9.17) is 4.74 Å². The topological polar surface area (TPSA) is 58.6 Å². The summed E-state index contributed by atoms with van der Waals surface area (Å²) in [5, 5.41) is 2.93. The average Bonchev–Trinajstić information content (AvgIpc) is 2.68. The summed E-state index contributed by atoms with van der Waals surface area (Å²) < 4.78 is 5.81. The molecule has 6 heteroatoms. The highest BCUT2D eigenvalue weighted by atomic mass is 79.9. The van der Waals surface area contributed by atoms with Crippen molar-refractivity contribution in [3.8, 4) is 0 Å². The van der Waals surface area contributed by atoms with Crippen molar-refractivity contribution in [2.45, 2.75) is 19.4 Å². The normalized spacial score (nSPS) is 15.3. The zero-order chi connectivity index (χ0) is 19.2. The molecule has 1 aliphatic rings. The lowest BCUT2D eigenvalue weighted by molar-refractivity contribution is -0.121. The number of ether oxygens (including phenoxy) is 1. The van der Waals surface area contributed by atoms with E-state index in [1.807, 2.05) is 12.1 Å². The number of carbonyl (C=O) groups is 2. The molecule has 0 saturated carbocycles. The van der Waals surface area contributed by atoms with Gasteiger partial charge in [-0.25, -0.2) is 4.79 Å². The number of hydrogen-bond donors (Lipinski definition) is 1. The second-order valence-electron chi connectivity index (χ2n) is 6.74. The molecule has 0 bridgehead atoms. The van der Waals surface area contributed by atoms with Gasteiger partial charge in [-0.15, -0.1) is 0 Å². The predicted molar refractivity (Wildman–Crippen MR) is 109 cm³/mol. The Labute approximate surface area is 167 Å². The maximum Gasteiger partial charge on any atom is 0.337 e. The third-order valence-corrected chi connectivity index (χ3v) is 5.30. The zero-order valence-electron chi connectivity index (χ0n) is 15.3. The van der Waals surface area contributed by atoms with Gasteiger partial charge in [0.15, 0.2) is 0 Å². The molecule has 1 amide bonds. The van der Waals surface area contributed by atoms with E-state index in [0.29, 0.717) is 11.3 Å². The highest BCUT2D eigenvalue weighted by Gasteiger charge is 2.25. The van der Waals surface area contributed by atoms with Crippen LogP contribution < -0.4 is 5.32 Å². The zero-order valence-corrected chi connectivity index (χ0v) is 16.9. The van der Waals surface area contributed by atoms with Crippen LogP contribution in [0.4, 0.5) is 5.69 Å². The van der Waals surface area contributed by atoms with Crippen molar-refractivity contribution in [2.24, 2.45) is 5.92 Å². The van der Waals surface area contributed by atoms with Crippen molar-refractivity contribution in [1.29, 1.82) is 0 Å². The van der Waals surface area contributed by atoms with Crippen molar-refractivity contribution in [3.05, 3.63) is 64.1 Å². The molecule has 2 aromatic rings. The monoisotopic (exact) mass is 430 g/mol. The second kappa shape index (κ2) is 9.15. The number of likely N-dealkylation sites (tertiary alicyclic amines) is 1. The lowest BCUT2D eigenvalue weighted by Gasteiger charge is -2.31. The number of nitrogens with one attached hydrogen (secondary N) is 1. The third kappa shape index (κ3) is 5.40. The summed E-state index contributed by atoms with van der Waals surface area (Å²) in [7, 11) is 1.34. The van der Waals surface area contributed by atoms with Crippen LogP contribution in [0.1, 0.15) is 28.8 Å². The SMILES string of the molecule is COC(=O)c1cccc(NC(=O)C2CCN(Cc3cccc(Br)c3)CC2)c1. The number of anilines is 1. The molecule has 0 radical (unpaired) electrons. The molecule has 2 aromatic carbocycles. The van der Waals surface area contributed by atoms with Crippen LogP contribution in [-0.2, 0) is 16.1 Å². The number of halogens is 1. The van der Waals surface area contributed by atoms with E-state index in [1.54, 1.807) is 24.3 Å². The van der Waals surface area contributed by atoms with Gasteiger partial charge in [-0.2, -0.15) is 0 Å². The summed E-state index contributed by atoms with van der Waals surface area (Å²) in [6, 6.07) is 15.2. The van der Waals surface area contributed by atoms with E-state index in [-0.39, 0.29) is 11.8 Å². The van der Waals surface area contributed by atoms with Crippen molar-refractivity contribution < 1.29 is 14.3 Å². The molecule has 3 rings (SSSR count). The number of rotatable bonds is 5. The van der Waals surface area contributed by atoms with Gasteiger partial charge < -0.3 is 10.1 Å². The molecule has 1 aliphatic heterocycles. The molecule has 0 atom stereocenters. The summed E-state index contributed by atoms with van der Waals surface area (Å²) >= 11 is 3.51. The first-order valence-corrected chi connectivity index (χ1v) is 9.80. The van der Waals surface area contributed by atoms with Crippen LogP contribution in [0.3, 0.4) is 0 Å². The summed E-state index contributed by atoms with van der Waals surface area (Å²) in [4.78, 5) is 26.6. The minimum atomic E-state index is -0.410. The number of hydrogen-bond acceptors (Lipinski definition) is 4. The maximum atomic E-state index is 12.6. The average molecular weight is 431 g/mol. The Morgan fingerprint density at radius 3 is 2.59 bits per heavy atom. The van der Waals surface area contributed by atoms with E-state index in [1.165, 1.54) is 12.7 Å². The fourth-order valence-electron chi connectivity index (χ4n) is 3.33. The number of piperidine rings is 1. The standard InChI is InChI=1S/C21H23BrN2O3/c1-27-21(26)17-5-3-7-19(13-17)23-20(25)16-8-10-24(11-9-16)14-15-4-2-6-18(22)12-15/h2-7,12-13,16H,8-11,14H2,1H3,(H,23,25). The van der Waals surface area contributed by atoms with E-state index < -0.39 is 5.97 Å². The van der Waals surface area contributed by atoms with Gasteiger partial charge in [0, 0.05) is 22.6 Å². The largest absolute Gasteiger partial charge is 0.465 e. The Kier molecular flexibility index (Phi) is 6.63. The predicted octanol–water partition coefficient (Wildman–Crippen LogP) is 4.09. The van der Waals surface area contributed by atoms with Crippen molar-refractivity contribution in [3.63, 3.8) is 0 Å². The van der Waals surface area contributed by atoms with Crippen LogP contribution in [0.5, 0.6) is 0 Å². The Balaban J connectivity index is 1.52. The van der Waals surface area contributed by atoms with Crippen molar-refractivity contribution in [2.75, 3.05) is 25.5 Å². The summed E-state index contributed by atoms with van der Waals surface area (Å²) in [6.07, 6.45) is 1.66. The molecule has 0 spiro atoms. The number of amides is 1. The molecule has 1 N–H and O–H groups in total. The van der Waals surface area contributed by atoms with E-state index >= 15 is 0 Å². The molecule has 142 valence electrons. The molecule has 0 aromatic heterocycles. The van der Waals surface area contributed by atoms with Gasteiger partial charge in [-0.05, 0) is 61.8 Å². The van der Waals surface area contributed by atoms with E-state index in [2.05, 4.69) is 38.3 Å². The fourth-order valence-corrected chi connectivity index (χ4v) is 3.78. The number of methoxy groups -OCH3 is 1. The Morgan fingerprint density at radius 1 is 1.15 bits per heavy atom. The third-order valence-electron chi connectivity index (χ3n) is 4.80. The maximum absolute atomic E-state index is 12.6. The van der Waals surface area contributed by atoms with Gasteiger partial charge in [-0.1, -0.05) is 34.1 Å². The summed E-state index contributed by atoms with van der Waals surface area (Å²) in [6.45, 7) is 2.69. The van der Waals surface area contributed by atoms with Crippen LogP contribution in [0.15, 0.2) is 53.0 Å². The molecule has 5 nitrogen and oxygen atoms in total. The minimum absolute atomic E-state index is 0.00876. The molecule has 1 saturated heterocycles. The van der Waals surface area contributed by atoms with E-state index in [9.17, 15) is 9.59 Å². The van der Waals surface area contributed by atoms with Crippen LogP contribution in [0.2, 0.25) is 0 Å². The molecule has 1 fully saturated rings. The lowest BCUT2D eigenvalue weighted by Crippen LogP contribution is -2.37. The van der Waals surface area contributed by atoms with Gasteiger partial charge in [0.25, 0.3) is 0 Å². The van der Waals surface area contributed by atoms with Crippen molar-refractivity contribution in [1.82, 2.24) is 4.90 Å². The van der Waals surface area contributed by atoms with Crippen LogP contribution in [0.25, 0.3) is 0 Å². The Morgan fingerprint density at radius 2 is 1.89 bits per heavy atom. The van der Waals surface area contributed by atoms with Gasteiger partial charge in [-0.3, -0.25) is 9.69 Å². The minimum Gasteiger partial charge on any atom is -0.465 e. The number of carbonyl (C=O) groups excluding carboxylic acids is 2. The highest BCUT2D eigenvalue weighted by molar-refractivity contribution is 9.10. The first kappa shape index (κ1) is 19.6. The van der Waals surface area contributed by atoms with Gasteiger partial charge in [0.1, 0.15) is 0 Å². The summed E-state index contributed by atoms with van der Waals surface area (Å²) in [5.74, 6) is -0.406. The quantitative estimate of drug-likeness (QED) is 0.725. The number of benzene rings is 2. The second-order valence-corrected chi connectivity index (χ2v) is 7.66. The molecule has 1 heterocycles. The number of nitrogens with zero attached hydrogens (tertiary/aromatic N) is 1. The Bertz CT molecular complexity index is 817. The first-order chi connectivity index (χ1) is 13.0. The van der Waals surface area contributed by atoms with Crippen molar-refractivity contribution >= 4 is 33.5 Å². The molecule has 27 heavy (non-hydrogen) atoms. The van der Waals surface area contributed by atoms with Crippen LogP contribution in [-0.4, -0.2) is 37.0 Å². The van der Waals surface area contributed by atoms with Gasteiger partial charge in [0.2, 0.25) is 5.91 Å². The van der Waals surface area contributed by atoms with Gasteiger partial charge in [0.05, 0.1) is 12.7 Å². The fraction of sp³-hybridized carbons (Fsp3) is 0.333. The molecule has 0 aliphatic carbocycles. The van der Waals surface area contributed by atoms with E-state index in [0.717, 1.165) is 36.9 Å². The highest BCUT2D eigenvalue weighted by Crippen LogP contribution is 2.22. The molecular weight excluding hydrogens is 408 g/mol. The van der Waals surface area contributed by atoms with Gasteiger partial charge >= 0.3 is 5.97 Å². The first-order valence-electron chi connectivity index (χ1n) is 9.01. The summed E-state index contributed by atoms with van der Waals surface area (Å²) in [5.41, 5.74) is 2.32. The van der Waals surface area contributed by atoms with Crippen LogP contribution >= 0.6 is 15.9 Å².